The van der Waals surface area contributed by atoms with Crippen LogP contribution in [-0.2, 0) is 4.74 Å². The molecular weight excluding hydrogens is 240 g/mol. The second kappa shape index (κ2) is 4.56. The van der Waals surface area contributed by atoms with Crippen LogP contribution < -0.4 is 0 Å². The first-order valence-corrected chi connectivity index (χ1v) is 7.54. The van der Waals surface area contributed by atoms with E-state index in [0.717, 1.165) is 30.5 Å². The molecule has 2 saturated heterocycles. The SMILES string of the molecule is Cc1nc([C@@H]2C[C@@H]3CCN(CC4CC4)C[C@H]3O2)n[nH]1. The van der Waals surface area contributed by atoms with Gasteiger partial charge in [0.05, 0.1) is 6.10 Å². The second-order valence-corrected chi connectivity index (χ2v) is 6.43. The molecular formula is C14H22N4O. The molecule has 2 aliphatic heterocycles. The van der Waals surface area contributed by atoms with Gasteiger partial charge in [-0.1, -0.05) is 0 Å². The van der Waals surface area contributed by atoms with E-state index in [4.69, 9.17) is 4.74 Å². The van der Waals surface area contributed by atoms with E-state index in [1.807, 2.05) is 6.92 Å². The number of piperidine rings is 1. The third kappa shape index (κ3) is 2.41. The van der Waals surface area contributed by atoms with Crippen molar-refractivity contribution in [2.75, 3.05) is 19.6 Å². The molecule has 19 heavy (non-hydrogen) atoms. The summed E-state index contributed by atoms with van der Waals surface area (Å²) in [6, 6.07) is 0. The van der Waals surface area contributed by atoms with Crippen molar-refractivity contribution in [2.24, 2.45) is 11.8 Å². The minimum absolute atomic E-state index is 0.112. The van der Waals surface area contributed by atoms with Crippen molar-refractivity contribution in [1.29, 1.82) is 0 Å². The van der Waals surface area contributed by atoms with Gasteiger partial charge in [0, 0.05) is 13.1 Å². The van der Waals surface area contributed by atoms with E-state index in [1.54, 1.807) is 0 Å². The van der Waals surface area contributed by atoms with Gasteiger partial charge in [0.2, 0.25) is 0 Å². The molecule has 5 nitrogen and oxygen atoms in total. The van der Waals surface area contributed by atoms with Crippen LogP contribution in [0.25, 0.3) is 0 Å². The quantitative estimate of drug-likeness (QED) is 0.900. The normalized spacial score (nSPS) is 35.5. The van der Waals surface area contributed by atoms with Crippen LogP contribution in [0.4, 0.5) is 0 Å². The Hall–Kier alpha value is -0.940. The van der Waals surface area contributed by atoms with Crippen molar-refractivity contribution in [3.05, 3.63) is 11.6 Å². The van der Waals surface area contributed by atoms with E-state index in [1.165, 1.54) is 32.4 Å². The Morgan fingerprint density at radius 2 is 2.26 bits per heavy atom. The summed E-state index contributed by atoms with van der Waals surface area (Å²) in [4.78, 5) is 7.02. The van der Waals surface area contributed by atoms with E-state index in [9.17, 15) is 0 Å². The van der Waals surface area contributed by atoms with Crippen LogP contribution in [0.3, 0.4) is 0 Å². The highest BCUT2D eigenvalue weighted by atomic mass is 16.5. The number of H-pyrrole nitrogens is 1. The fourth-order valence-electron chi connectivity index (χ4n) is 3.50. The number of nitrogens with zero attached hydrogens (tertiary/aromatic N) is 3. The molecule has 5 heteroatoms. The number of ether oxygens (including phenoxy) is 1. The maximum atomic E-state index is 6.21. The number of aromatic nitrogens is 3. The van der Waals surface area contributed by atoms with E-state index in [0.29, 0.717) is 12.0 Å². The van der Waals surface area contributed by atoms with Crippen LogP contribution in [0, 0.1) is 18.8 Å². The summed E-state index contributed by atoms with van der Waals surface area (Å²) in [5.41, 5.74) is 0. The van der Waals surface area contributed by atoms with Gasteiger partial charge in [-0.2, -0.15) is 5.10 Å². The largest absolute Gasteiger partial charge is 0.365 e. The van der Waals surface area contributed by atoms with Crippen LogP contribution in [0.15, 0.2) is 0 Å². The molecule has 0 radical (unpaired) electrons. The predicted molar refractivity (Wildman–Crippen MR) is 70.6 cm³/mol. The van der Waals surface area contributed by atoms with Crippen LogP contribution >= 0.6 is 0 Å². The smallest absolute Gasteiger partial charge is 0.179 e. The molecule has 0 aromatic carbocycles. The molecule has 1 aromatic rings. The highest BCUT2D eigenvalue weighted by Crippen LogP contribution is 2.40. The van der Waals surface area contributed by atoms with Crippen molar-refractivity contribution in [2.45, 2.75) is 44.8 Å². The number of nitrogens with one attached hydrogen (secondary N) is 1. The van der Waals surface area contributed by atoms with E-state index in [2.05, 4.69) is 20.1 Å². The molecule has 1 aliphatic carbocycles. The average Bonchev–Trinajstić information content (AvgIpc) is 2.94. The van der Waals surface area contributed by atoms with Crippen LogP contribution in [-0.4, -0.2) is 45.8 Å². The zero-order valence-corrected chi connectivity index (χ0v) is 11.5. The third-order valence-corrected chi connectivity index (χ3v) is 4.75. The number of fused-ring (bicyclic) bond motifs is 1. The van der Waals surface area contributed by atoms with Gasteiger partial charge in [-0.05, 0) is 51.0 Å². The molecule has 3 heterocycles. The zero-order chi connectivity index (χ0) is 12.8. The number of rotatable bonds is 3. The lowest BCUT2D eigenvalue weighted by Crippen LogP contribution is -2.43. The van der Waals surface area contributed by atoms with Gasteiger partial charge >= 0.3 is 0 Å². The van der Waals surface area contributed by atoms with Gasteiger partial charge in [0.25, 0.3) is 0 Å². The molecule has 3 atom stereocenters. The average molecular weight is 262 g/mol. The maximum absolute atomic E-state index is 6.21. The lowest BCUT2D eigenvalue weighted by Gasteiger charge is -2.34. The summed E-state index contributed by atoms with van der Waals surface area (Å²) in [5, 5.41) is 7.18. The summed E-state index contributed by atoms with van der Waals surface area (Å²) < 4.78 is 6.21. The van der Waals surface area contributed by atoms with Crippen molar-refractivity contribution in [1.82, 2.24) is 20.1 Å². The van der Waals surface area contributed by atoms with Crippen molar-refractivity contribution >= 4 is 0 Å². The standard InChI is InChI=1S/C14H22N4O/c1-9-15-14(17-16-9)12-6-11-4-5-18(7-10-2-3-10)8-13(11)19-12/h10-13H,2-8H2,1H3,(H,15,16,17)/t11-,12-,13+/m0/s1. The van der Waals surface area contributed by atoms with E-state index in [-0.39, 0.29) is 6.10 Å². The van der Waals surface area contributed by atoms with E-state index < -0.39 is 0 Å². The van der Waals surface area contributed by atoms with Gasteiger partial charge in [-0.25, -0.2) is 4.98 Å². The topological polar surface area (TPSA) is 54.0 Å². The summed E-state index contributed by atoms with van der Waals surface area (Å²) in [6.45, 7) is 5.59. The first kappa shape index (κ1) is 11.9. The molecule has 104 valence electrons. The summed E-state index contributed by atoms with van der Waals surface area (Å²) in [6.07, 6.45) is 5.75. The molecule has 3 fully saturated rings. The first-order valence-electron chi connectivity index (χ1n) is 7.54. The summed E-state index contributed by atoms with van der Waals surface area (Å²) in [7, 11) is 0. The highest BCUT2D eigenvalue weighted by molar-refractivity contribution is 4.99. The lowest BCUT2D eigenvalue weighted by molar-refractivity contribution is -0.0109. The molecule has 4 rings (SSSR count). The molecule has 1 aromatic heterocycles. The number of hydrogen-bond acceptors (Lipinski definition) is 4. The van der Waals surface area contributed by atoms with Crippen molar-refractivity contribution in [3.63, 3.8) is 0 Å². The van der Waals surface area contributed by atoms with Gasteiger partial charge < -0.3 is 9.64 Å². The third-order valence-electron chi connectivity index (χ3n) is 4.75. The molecule has 1 saturated carbocycles. The Balaban J connectivity index is 1.40. The Bertz CT molecular complexity index is 456. The Labute approximate surface area is 113 Å². The van der Waals surface area contributed by atoms with Gasteiger partial charge in [-0.15, -0.1) is 0 Å². The zero-order valence-electron chi connectivity index (χ0n) is 11.5. The van der Waals surface area contributed by atoms with Crippen LogP contribution in [0.1, 0.15) is 43.4 Å². The van der Waals surface area contributed by atoms with Crippen molar-refractivity contribution < 1.29 is 4.74 Å². The Kier molecular flexibility index (Phi) is 2.84. The number of aryl methyl sites for hydroxylation is 1. The second-order valence-electron chi connectivity index (χ2n) is 6.43. The predicted octanol–water partition coefficient (Wildman–Crippen LogP) is 1.68. The van der Waals surface area contributed by atoms with Gasteiger partial charge in [0.1, 0.15) is 11.9 Å². The molecule has 1 N–H and O–H groups in total. The molecule has 0 spiro atoms. The maximum Gasteiger partial charge on any atom is 0.179 e. The Morgan fingerprint density at radius 1 is 1.37 bits per heavy atom. The van der Waals surface area contributed by atoms with Crippen molar-refractivity contribution in [3.8, 4) is 0 Å². The first-order chi connectivity index (χ1) is 9.28. The fraction of sp³-hybridized carbons (Fsp3) is 0.857. The lowest BCUT2D eigenvalue weighted by atomic mass is 9.91. The number of hydrogen-bond donors (Lipinski definition) is 1. The van der Waals surface area contributed by atoms with Gasteiger partial charge in [-0.3, -0.25) is 5.10 Å². The fourth-order valence-corrected chi connectivity index (χ4v) is 3.50. The van der Waals surface area contributed by atoms with Gasteiger partial charge in [0.15, 0.2) is 5.82 Å². The number of aromatic amines is 1. The highest BCUT2D eigenvalue weighted by Gasteiger charge is 2.41. The molecule has 3 aliphatic rings. The van der Waals surface area contributed by atoms with Crippen LogP contribution in [0.2, 0.25) is 0 Å². The summed E-state index contributed by atoms with van der Waals surface area (Å²) >= 11 is 0. The summed E-state index contributed by atoms with van der Waals surface area (Å²) in [5.74, 6) is 3.41. The minimum atomic E-state index is 0.112. The monoisotopic (exact) mass is 262 g/mol. The minimum Gasteiger partial charge on any atom is -0.365 e. The van der Waals surface area contributed by atoms with Crippen LogP contribution in [0.5, 0.6) is 0 Å². The Morgan fingerprint density at radius 3 is 3.00 bits per heavy atom. The van der Waals surface area contributed by atoms with E-state index >= 15 is 0 Å². The molecule has 0 bridgehead atoms. The number of likely N-dealkylation sites (tertiary alicyclic amines) is 1. The molecule has 0 unspecified atom stereocenters. The molecule has 0 amide bonds.